The first kappa shape index (κ1) is 16.7. The third kappa shape index (κ3) is 3.59. The minimum atomic E-state index is -3.32. The van der Waals surface area contributed by atoms with Crippen LogP contribution < -0.4 is 5.32 Å². The molecule has 0 aliphatic carbocycles. The normalized spacial score (nSPS) is 23.3. The summed E-state index contributed by atoms with van der Waals surface area (Å²) in [5, 5.41) is 12.7. The van der Waals surface area contributed by atoms with E-state index in [9.17, 15) is 17.9 Å². The molecule has 0 fully saturated rings. The molecule has 118 valence electrons. The van der Waals surface area contributed by atoms with Crippen LogP contribution in [0.5, 0.6) is 0 Å². The van der Waals surface area contributed by atoms with Crippen molar-refractivity contribution in [3.8, 4) is 0 Å². The van der Waals surface area contributed by atoms with Crippen molar-refractivity contribution in [3.05, 3.63) is 29.6 Å². The lowest BCUT2D eigenvalue weighted by molar-refractivity contribution is 0.269. The first-order valence-corrected chi connectivity index (χ1v) is 9.75. The summed E-state index contributed by atoms with van der Waals surface area (Å²) in [5.41, 5.74) is 0.492. The van der Waals surface area contributed by atoms with Crippen molar-refractivity contribution in [2.45, 2.75) is 35.6 Å². The standard InChI is InChI=1S/C14H20FNO3S2/c1-9(13(8-17)20-2)16-12-5-6-21(18,19)14-4-3-10(15)7-11(12)14/h3-4,7,9,12-13,16-17H,5-6,8H2,1-2H3. The summed E-state index contributed by atoms with van der Waals surface area (Å²) in [7, 11) is -3.32. The van der Waals surface area contributed by atoms with Gasteiger partial charge in [-0.15, -0.1) is 0 Å². The van der Waals surface area contributed by atoms with Crippen molar-refractivity contribution in [2.24, 2.45) is 0 Å². The van der Waals surface area contributed by atoms with E-state index in [-0.39, 0.29) is 34.6 Å². The van der Waals surface area contributed by atoms with E-state index in [0.29, 0.717) is 12.0 Å². The quantitative estimate of drug-likeness (QED) is 0.804. The molecule has 21 heavy (non-hydrogen) atoms. The number of benzene rings is 1. The molecule has 1 aromatic carbocycles. The summed E-state index contributed by atoms with van der Waals surface area (Å²) in [4.78, 5) is 0.213. The number of aliphatic hydroxyl groups excluding tert-OH is 1. The zero-order valence-electron chi connectivity index (χ0n) is 12.0. The van der Waals surface area contributed by atoms with Crippen LogP contribution in [0, 0.1) is 5.82 Å². The Labute approximate surface area is 129 Å². The first-order chi connectivity index (χ1) is 9.89. The van der Waals surface area contributed by atoms with Gasteiger partial charge in [0, 0.05) is 17.3 Å². The lowest BCUT2D eigenvalue weighted by Gasteiger charge is -2.31. The zero-order valence-corrected chi connectivity index (χ0v) is 13.7. The highest BCUT2D eigenvalue weighted by Gasteiger charge is 2.32. The van der Waals surface area contributed by atoms with Crippen molar-refractivity contribution in [1.82, 2.24) is 5.32 Å². The molecule has 0 saturated heterocycles. The van der Waals surface area contributed by atoms with Crippen molar-refractivity contribution in [2.75, 3.05) is 18.6 Å². The number of hydrogen-bond acceptors (Lipinski definition) is 5. The predicted molar refractivity (Wildman–Crippen MR) is 82.8 cm³/mol. The summed E-state index contributed by atoms with van der Waals surface area (Å²) in [6.07, 6.45) is 2.33. The number of hydrogen-bond donors (Lipinski definition) is 2. The smallest absolute Gasteiger partial charge is 0.178 e. The molecule has 0 bridgehead atoms. The number of nitrogens with one attached hydrogen (secondary N) is 1. The van der Waals surface area contributed by atoms with Crippen molar-refractivity contribution >= 4 is 21.6 Å². The van der Waals surface area contributed by atoms with Gasteiger partial charge in [-0.2, -0.15) is 11.8 Å². The van der Waals surface area contributed by atoms with Gasteiger partial charge in [-0.05, 0) is 43.4 Å². The highest BCUT2D eigenvalue weighted by Crippen LogP contribution is 2.33. The molecule has 1 aliphatic rings. The first-order valence-electron chi connectivity index (χ1n) is 6.81. The monoisotopic (exact) mass is 333 g/mol. The lowest BCUT2D eigenvalue weighted by Crippen LogP contribution is -2.42. The van der Waals surface area contributed by atoms with Gasteiger partial charge < -0.3 is 10.4 Å². The van der Waals surface area contributed by atoms with E-state index in [2.05, 4.69) is 5.32 Å². The molecule has 0 spiro atoms. The van der Waals surface area contributed by atoms with Crippen LogP contribution in [0.4, 0.5) is 4.39 Å². The third-order valence-electron chi connectivity index (χ3n) is 3.86. The van der Waals surface area contributed by atoms with Crippen LogP contribution in [-0.4, -0.2) is 43.4 Å². The molecule has 4 nitrogen and oxygen atoms in total. The van der Waals surface area contributed by atoms with Crippen molar-refractivity contribution < 1.29 is 17.9 Å². The average molecular weight is 333 g/mol. The Bertz CT molecular complexity index is 602. The van der Waals surface area contributed by atoms with E-state index in [1.165, 1.54) is 18.2 Å². The SMILES string of the molecule is CSC(CO)C(C)NC1CCS(=O)(=O)c2ccc(F)cc21. The Morgan fingerprint density at radius 1 is 1.52 bits per heavy atom. The minimum absolute atomic E-state index is 0.00748. The fourth-order valence-corrected chi connectivity index (χ4v) is 4.89. The molecule has 2 N–H and O–H groups in total. The van der Waals surface area contributed by atoms with E-state index >= 15 is 0 Å². The van der Waals surface area contributed by atoms with Gasteiger partial charge in [0.1, 0.15) is 5.82 Å². The largest absolute Gasteiger partial charge is 0.395 e. The van der Waals surface area contributed by atoms with Crippen LogP contribution in [-0.2, 0) is 9.84 Å². The van der Waals surface area contributed by atoms with Crippen molar-refractivity contribution in [3.63, 3.8) is 0 Å². The Morgan fingerprint density at radius 3 is 2.86 bits per heavy atom. The maximum atomic E-state index is 13.5. The molecule has 1 aromatic rings. The summed E-state index contributed by atoms with van der Waals surface area (Å²) < 4.78 is 37.6. The Hall–Kier alpha value is -0.630. The second-order valence-electron chi connectivity index (χ2n) is 5.25. The fourth-order valence-electron chi connectivity index (χ4n) is 2.65. The van der Waals surface area contributed by atoms with Gasteiger partial charge in [0.05, 0.1) is 17.3 Å². The second-order valence-corrected chi connectivity index (χ2v) is 8.41. The summed E-state index contributed by atoms with van der Waals surface area (Å²) in [6, 6.07) is 3.60. The van der Waals surface area contributed by atoms with Gasteiger partial charge in [0.25, 0.3) is 0 Å². The Kier molecular flexibility index (Phi) is 5.29. The maximum absolute atomic E-state index is 13.5. The fraction of sp³-hybridized carbons (Fsp3) is 0.571. The summed E-state index contributed by atoms with van der Waals surface area (Å²) in [6.45, 7) is 1.98. The van der Waals surface area contributed by atoms with Crippen molar-refractivity contribution in [1.29, 1.82) is 0 Å². The topological polar surface area (TPSA) is 66.4 Å². The van der Waals surface area contributed by atoms with Crippen LogP contribution in [0.15, 0.2) is 23.1 Å². The number of sulfone groups is 1. The Balaban J connectivity index is 2.29. The molecule has 0 radical (unpaired) electrons. The predicted octanol–water partition coefficient (Wildman–Crippen LogP) is 1.75. The number of aliphatic hydroxyl groups is 1. The number of halogens is 1. The molecule has 1 aliphatic heterocycles. The van der Waals surface area contributed by atoms with Gasteiger partial charge >= 0.3 is 0 Å². The number of thioether (sulfide) groups is 1. The molecule has 0 saturated carbocycles. The third-order valence-corrected chi connectivity index (χ3v) is 6.84. The van der Waals surface area contributed by atoms with Gasteiger partial charge in [0.2, 0.25) is 0 Å². The zero-order chi connectivity index (χ0) is 15.6. The summed E-state index contributed by atoms with van der Waals surface area (Å²) >= 11 is 1.55. The van der Waals surface area contributed by atoms with Crippen LogP contribution in [0.3, 0.4) is 0 Å². The van der Waals surface area contributed by atoms with E-state index in [4.69, 9.17) is 0 Å². The van der Waals surface area contributed by atoms with Crippen LogP contribution >= 0.6 is 11.8 Å². The Morgan fingerprint density at radius 2 is 2.24 bits per heavy atom. The molecular weight excluding hydrogens is 313 g/mol. The second kappa shape index (κ2) is 6.64. The van der Waals surface area contributed by atoms with Gasteiger partial charge in [-0.25, -0.2) is 12.8 Å². The van der Waals surface area contributed by atoms with Gasteiger partial charge in [-0.3, -0.25) is 0 Å². The number of fused-ring (bicyclic) bond motifs is 1. The van der Waals surface area contributed by atoms with Gasteiger partial charge in [0.15, 0.2) is 9.84 Å². The molecule has 0 amide bonds. The molecule has 7 heteroatoms. The van der Waals surface area contributed by atoms with E-state index in [0.717, 1.165) is 0 Å². The highest BCUT2D eigenvalue weighted by atomic mass is 32.2. The average Bonchev–Trinajstić information content (AvgIpc) is 2.43. The molecule has 2 rings (SSSR count). The summed E-state index contributed by atoms with van der Waals surface area (Å²) in [5.74, 6) is -0.382. The van der Waals surface area contributed by atoms with E-state index in [1.54, 1.807) is 11.8 Å². The van der Waals surface area contributed by atoms with E-state index < -0.39 is 15.7 Å². The molecule has 1 heterocycles. The van der Waals surface area contributed by atoms with Gasteiger partial charge in [-0.1, -0.05) is 0 Å². The molecular formula is C14H20FNO3S2. The highest BCUT2D eigenvalue weighted by molar-refractivity contribution is 7.99. The maximum Gasteiger partial charge on any atom is 0.178 e. The number of rotatable bonds is 5. The molecule has 3 unspecified atom stereocenters. The molecule has 3 atom stereocenters. The molecule has 0 aromatic heterocycles. The minimum Gasteiger partial charge on any atom is -0.395 e. The lowest BCUT2D eigenvalue weighted by atomic mass is 10.0. The van der Waals surface area contributed by atoms with Crippen LogP contribution in [0.25, 0.3) is 0 Å². The van der Waals surface area contributed by atoms with E-state index in [1.807, 2.05) is 13.2 Å². The van der Waals surface area contributed by atoms with Crippen LogP contribution in [0.1, 0.15) is 24.9 Å². The van der Waals surface area contributed by atoms with Crippen LogP contribution in [0.2, 0.25) is 0 Å².